The summed E-state index contributed by atoms with van der Waals surface area (Å²) in [5.41, 5.74) is 1.93. The lowest BCUT2D eigenvalue weighted by Gasteiger charge is -2.24. The van der Waals surface area contributed by atoms with Gasteiger partial charge < -0.3 is 19.0 Å². The van der Waals surface area contributed by atoms with Gasteiger partial charge in [0, 0.05) is 11.1 Å². The number of aliphatic hydroxyl groups is 1. The van der Waals surface area contributed by atoms with E-state index in [1.54, 1.807) is 48.5 Å². The first-order valence-electron chi connectivity index (χ1n) is 12.5. The van der Waals surface area contributed by atoms with Crippen LogP contribution in [0.5, 0.6) is 11.5 Å². The lowest BCUT2D eigenvalue weighted by Crippen LogP contribution is -2.31. The van der Waals surface area contributed by atoms with E-state index in [-0.39, 0.29) is 16.5 Å². The fourth-order valence-electron chi connectivity index (χ4n) is 4.68. The van der Waals surface area contributed by atoms with Crippen LogP contribution in [0.2, 0.25) is 0 Å². The number of hydrogen-bond acceptors (Lipinski definition) is 10. The van der Waals surface area contributed by atoms with E-state index in [1.807, 2.05) is 30.3 Å². The molecule has 1 amide bonds. The minimum Gasteiger partial charge on any atom is -0.503 e. The molecule has 2 aromatic heterocycles. The van der Waals surface area contributed by atoms with Gasteiger partial charge in [-0.05, 0) is 35.4 Å². The van der Waals surface area contributed by atoms with Crippen molar-refractivity contribution in [2.45, 2.75) is 16.1 Å². The zero-order chi connectivity index (χ0) is 28.5. The summed E-state index contributed by atoms with van der Waals surface area (Å²) in [7, 11) is 3.03. The fourth-order valence-corrected chi connectivity index (χ4v) is 6.50. The molecule has 3 aromatic carbocycles. The molecule has 0 saturated carbocycles. The molecule has 0 spiro atoms. The summed E-state index contributed by atoms with van der Waals surface area (Å²) in [6.45, 7) is 0. The third-order valence-corrected chi connectivity index (χ3v) is 8.75. The lowest BCUT2D eigenvalue weighted by molar-refractivity contribution is -0.117. The maximum Gasteiger partial charge on any atom is 0.296 e. The largest absolute Gasteiger partial charge is 0.503 e. The van der Waals surface area contributed by atoms with E-state index in [0.717, 1.165) is 5.56 Å². The Morgan fingerprint density at radius 1 is 1.02 bits per heavy atom. The molecule has 0 bridgehead atoms. The Morgan fingerprint density at radius 3 is 2.61 bits per heavy atom. The molecule has 5 aromatic rings. The number of carbonyl (C=O) groups excluding carboxylic acids is 2. The van der Waals surface area contributed by atoms with E-state index in [1.165, 1.54) is 42.2 Å². The molecule has 0 aliphatic carbocycles. The minimum absolute atomic E-state index is 0.0371. The molecule has 1 unspecified atom stereocenters. The van der Waals surface area contributed by atoms with E-state index in [4.69, 9.17) is 13.9 Å². The van der Waals surface area contributed by atoms with Gasteiger partial charge in [0.05, 0.1) is 25.8 Å². The van der Waals surface area contributed by atoms with Crippen LogP contribution in [0.15, 0.2) is 99.0 Å². The number of hydrogen-bond donors (Lipinski definition) is 1. The summed E-state index contributed by atoms with van der Waals surface area (Å²) in [6.07, 6.45) is 0. The summed E-state index contributed by atoms with van der Waals surface area (Å²) in [5, 5.41) is 20.6. The number of benzene rings is 3. The molecule has 6 rings (SSSR count). The van der Waals surface area contributed by atoms with E-state index >= 15 is 0 Å². The first kappa shape index (κ1) is 26.6. The Balaban J connectivity index is 1.39. The van der Waals surface area contributed by atoms with Crippen molar-refractivity contribution in [3.05, 3.63) is 107 Å². The van der Waals surface area contributed by atoms with E-state index in [9.17, 15) is 14.7 Å². The molecule has 1 atom stereocenters. The summed E-state index contributed by atoms with van der Waals surface area (Å²) in [5.74, 6) is -0.446. The number of fused-ring (bicyclic) bond motifs is 1. The van der Waals surface area contributed by atoms with Gasteiger partial charge >= 0.3 is 0 Å². The SMILES string of the molecule is COc1cccc(C2C(C(=O)c3cc4cccc(OC)c4o3)=C(O)C(=O)N2c2nnc(SCc3ccccc3)s2)c1. The number of amides is 1. The third-order valence-electron chi connectivity index (χ3n) is 6.62. The molecular formula is C30H23N3O6S2. The number of furan rings is 1. The number of ketones is 1. The summed E-state index contributed by atoms with van der Waals surface area (Å²) >= 11 is 2.69. The fraction of sp³-hybridized carbons (Fsp3) is 0.133. The van der Waals surface area contributed by atoms with Crippen LogP contribution in [0, 0.1) is 0 Å². The average molecular weight is 586 g/mol. The molecule has 1 aliphatic heterocycles. The number of Topliss-reactive ketones (excluding diaryl/α,β-unsaturated/α-hetero) is 1. The Morgan fingerprint density at radius 2 is 1.83 bits per heavy atom. The zero-order valence-corrected chi connectivity index (χ0v) is 23.6. The van der Waals surface area contributed by atoms with Crippen molar-refractivity contribution in [3.63, 3.8) is 0 Å². The number of rotatable bonds is 9. The molecule has 1 aliphatic rings. The molecule has 0 radical (unpaired) electrons. The smallest absolute Gasteiger partial charge is 0.296 e. The Hall–Kier alpha value is -4.61. The molecular weight excluding hydrogens is 562 g/mol. The van der Waals surface area contributed by atoms with Gasteiger partial charge in [-0.2, -0.15) is 0 Å². The first-order valence-corrected chi connectivity index (χ1v) is 14.3. The van der Waals surface area contributed by atoms with Gasteiger partial charge in [0.2, 0.25) is 10.9 Å². The topological polar surface area (TPSA) is 115 Å². The molecule has 1 N–H and O–H groups in total. The van der Waals surface area contributed by atoms with Crippen LogP contribution < -0.4 is 14.4 Å². The van der Waals surface area contributed by atoms with Crippen molar-refractivity contribution >= 4 is 50.9 Å². The summed E-state index contributed by atoms with van der Waals surface area (Å²) in [6, 6.07) is 22.8. The molecule has 11 heteroatoms. The number of anilines is 1. The highest BCUT2D eigenvalue weighted by Crippen LogP contribution is 2.45. The normalized spacial score (nSPS) is 15.1. The molecule has 41 heavy (non-hydrogen) atoms. The molecule has 3 heterocycles. The minimum atomic E-state index is -1.000. The molecule has 206 valence electrons. The predicted octanol–water partition coefficient (Wildman–Crippen LogP) is 6.38. The summed E-state index contributed by atoms with van der Waals surface area (Å²) in [4.78, 5) is 28.8. The second kappa shape index (κ2) is 11.1. The number of methoxy groups -OCH3 is 2. The van der Waals surface area contributed by atoms with Gasteiger partial charge in [0.25, 0.3) is 5.91 Å². The van der Waals surface area contributed by atoms with Crippen LogP contribution in [-0.4, -0.2) is 41.2 Å². The Bertz CT molecular complexity index is 1800. The second-order valence-corrected chi connectivity index (χ2v) is 11.2. The van der Waals surface area contributed by atoms with Crippen LogP contribution in [-0.2, 0) is 10.5 Å². The van der Waals surface area contributed by atoms with Gasteiger partial charge in [0.15, 0.2) is 27.2 Å². The van der Waals surface area contributed by atoms with Crippen molar-refractivity contribution in [2.24, 2.45) is 0 Å². The molecule has 0 fully saturated rings. The van der Waals surface area contributed by atoms with Crippen molar-refractivity contribution in [1.29, 1.82) is 0 Å². The van der Waals surface area contributed by atoms with Gasteiger partial charge in [-0.25, -0.2) is 0 Å². The van der Waals surface area contributed by atoms with Crippen LogP contribution in [0.25, 0.3) is 11.0 Å². The third kappa shape index (κ3) is 4.94. The highest BCUT2D eigenvalue weighted by molar-refractivity contribution is 8.00. The van der Waals surface area contributed by atoms with Crippen LogP contribution in [0.4, 0.5) is 5.13 Å². The number of para-hydroxylation sites is 1. The molecule has 9 nitrogen and oxygen atoms in total. The number of aromatic nitrogens is 2. The first-order chi connectivity index (χ1) is 20.0. The van der Waals surface area contributed by atoms with Crippen molar-refractivity contribution < 1.29 is 28.6 Å². The van der Waals surface area contributed by atoms with Crippen LogP contribution >= 0.6 is 23.1 Å². The number of nitrogens with zero attached hydrogens (tertiary/aromatic N) is 3. The predicted molar refractivity (Wildman–Crippen MR) is 156 cm³/mol. The van der Waals surface area contributed by atoms with E-state index < -0.39 is 23.5 Å². The van der Waals surface area contributed by atoms with Crippen LogP contribution in [0.3, 0.4) is 0 Å². The van der Waals surface area contributed by atoms with Crippen molar-refractivity contribution in [1.82, 2.24) is 10.2 Å². The highest BCUT2D eigenvalue weighted by atomic mass is 32.2. The second-order valence-electron chi connectivity index (χ2n) is 9.06. The van der Waals surface area contributed by atoms with Gasteiger partial charge in [0.1, 0.15) is 5.75 Å². The van der Waals surface area contributed by atoms with Crippen LogP contribution in [0.1, 0.15) is 27.7 Å². The molecule has 0 saturated heterocycles. The highest BCUT2D eigenvalue weighted by Gasteiger charge is 2.47. The zero-order valence-electron chi connectivity index (χ0n) is 21.9. The Kier molecular flexibility index (Phi) is 7.21. The van der Waals surface area contributed by atoms with E-state index in [0.29, 0.717) is 38.1 Å². The van der Waals surface area contributed by atoms with Gasteiger partial charge in [-0.1, -0.05) is 77.7 Å². The summed E-state index contributed by atoms with van der Waals surface area (Å²) < 4.78 is 17.3. The standard InChI is InChI=1S/C30H23N3O6S2/c1-37-20-12-6-10-18(14-20)24-23(25(34)22-15-19-11-7-13-21(38-2)27(19)39-22)26(35)28(36)33(24)29-31-32-30(41-29)40-16-17-8-4-3-5-9-17/h3-15,24,35H,16H2,1-2H3. The average Bonchev–Trinajstić information content (AvgIpc) is 3.72. The number of ether oxygens (including phenoxy) is 2. The maximum absolute atomic E-state index is 14.0. The lowest BCUT2D eigenvalue weighted by atomic mass is 9.95. The number of carbonyl (C=O) groups is 2. The number of aliphatic hydroxyl groups excluding tert-OH is 1. The van der Waals surface area contributed by atoms with E-state index in [2.05, 4.69) is 10.2 Å². The van der Waals surface area contributed by atoms with Gasteiger partial charge in [-0.3, -0.25) is 14.5 Å². The Labute approximate surface area is 243 Å². The maximum atomic E-state index is 14.0. The number of thioether (sulfide) groups is 1. The van der Waals surface area contributed by atoms with Crippen molar-refractivity contribution in [3.8, 4) is 11.5 Å². The van der Waals surface area contributed by atoms with Gasteiger partial charge in [-0.15, -0.1) is 10.2 Å². The quantitative estimate of drug-likeness (QED) is 0.120. The monoisotopic (exact) mass is 585 g/mol. The van der Waals surface area contributed by atoms with Crippen molar-refractivity contribution in [2.75, 3.05) is 19.1 Å².